The van der Waals surface area contributed by atoms with Crippen LogP contribution in [0.25, 0.3) is 5.76 Å². The highest BCUT2D eigenvalue weighted by molar-refractivity contribution is 6.50. The number of likely N-dealkylation sites (N-methyl/N-ethyl adjacent to an activating group) is 1. The predicted octanol–water partition coefficient (Wildman–Crippen LogP) is 3.42. The first-order valence-electron chi connectivity index (χ1n) is 11.8. The molecule has 8 heteroatoms. The molecule has 1 fully saturated rings. The van der Waals surface area contributed by atoms with E-state index in [9.17, 15) is 23.9 Å². The number of amides is 2. The molecule has 2 amide bonds. The average molecular weight is 480 g/mol. The highest BCUT2D eigenvalue weighted by Gasteiger charge is 2.66. The molecular formula is C27H30FN3O4. The van der Waals surface area contributed by atoms with Crippen molar-refractivity contribution in [1.29, 1.82) is 0 Å². The maximum Gasteiger partial charge on any atom is 0.296 e. The van der Waals surface area contributed by atoms with E-state index in [4.69, 9.17) is 0 Å². The summed E-state index contributed by atoms with van der Waals surface area (Å²) in [5, 5.41) is 11.4. The van der Waals surface area contributed by atoms with Gasteiger partial charge < -0.3 is 19.8 Å². The fourth-order valence-electron chi connectivity index (χ4n) is 4.89. The molecular weight excluding hydrogens is 449 g/mol. The summed E-state index contributed by atoms with van der Waals surface area (Å²) in [5.74, 6) is -3.40. The summed E-state index contributed by atoms with van der Waals surface area (Å²) < 4.78 is 14.4. The lowest BCUT2D eigenvalue weighted by Gasteiger charge is -2.35. The van der Waals surface area contributed by atoms with E-state index in [0.717, 1.165) is 18.9 Å². The van der Waals surface area contributed by atoms with Crippen molar-refractivity contribution in [3.05, 3.63) is 70.5 Å². The molecule has 1 saturated heterocycles. The summed E-state index contributed by atoms with van der Waals surface area (Å²) >= 11 is 0. The van der Waals surface area contributed by atoms with Gasteiger partial charge in [-0.2, -0.15) is 0 Å². The number of carbonyl (C=O) groups excluding carboxylic acids is 3. The molecule has 2 aliphatic rings. The first-order valence-corrected chi connectivity index (χ1v) is 11.8. The van der Waals surface area contributed by atoms with Crippen molar-refractivity contribution in [1.82, 2.24) is 9.80 Å². The van der Waals surface area contributed by atoms with Crippen molar-refractivity contribution >= 4 is 29.0 Å². The van der Waals surface area contributed by atoms with Crippen molar-refractivity contribution in [2.24, 2.45) is 0 Å². The molecule has 35 heavy (non-hydrogen) atoms. The number of anilines is 1. The van der Waals surface area contributed by atoms with Crippen LogP contribution < -0.4 is 4.90 Å². The summed E-state index contributed by atoms with van der Waals surface area (Å²) in [6.45, 7) is 4.50. The number of ketones is 1. The molecule has 2 heterocycles. The summed E-state index contributed by atoms with van der Waals surface area (Å²) in [4.78, 5) is 45.8. The van der Waals surface area contributed by atoms with Crippen molar-refractivity contribution < 1.29 is 23.9 Å². The highest BCUT2D eigenvalue weighted by Crippen LogP contribution is 2.53. The molecule has 7 nitrogen and oxygen atoms in total. The number of benzene rings is 2. The number of aliphatic hydroxyl groups is 1. The first-order chi connectivity index (χ1) is 16.7. The molecule has 0 bridgehead atoms. The Morgan fingerprint density at radius 1 is 1.09 bits per heavy atom. The zero-order valence-corrected chi connectivity index (χ0v) is 20.5. The number of fused-ring (bicyclic) bond motifs is 2. The van der Waals surface area contributed by atoms with Gasteiger partial charge in [0.1, 0.15) is 11.6 Å². The van der Waals surface area contributed by atoms with E-state index in [0.29, 0.717) is 29.9 Å². The Kier molecular flexibility index (Phi) is 6.51. The van der Waals surface area contributed by atoms with Crippen LogP contribution in [-0.2, 0) is 19.9 Å². The van der Waals surface area contributed by atoms with Gasteiger partial charge in [0.2, 0.25) is 0 Å². The smallest absolute Gasteiger partial charge is 0.296 e. The number of nitrogens with zero attached hydrogens (tertiary/aromatic N) is 3. The number of carbonyl (C=O) groups is 3. The van der Waals surface area contributed by atoms with Crippen LogP contribution in [0.3, 0.4) is 0 Å². The van der Waals surface area contributed by atoms with E-state index >= 15 is 0 Å². The Labute approximate surface area is 204 Å². The topological polar surface area (TPSA) is 81.2 Å². The van der Waals surface area contributed by atoms with Gasteiger partial charge in [-0.1, -0.05) is 43.7 Å². The third-order valence-electron chi connectivity index (χ3n) is 6.76. The van der Waals surface area contributed by atoms with E-state index < -0.39 is 34.7 Å². The number of aryl methyl sites for hydroxylation is 1. The van der Waals surface area contributed by atoms with Crippen LogP contribution in [-0.4, -0.2) is 66.2 Å². The Balaban J connectivity index is 2.03. The fourth-order valence-corrected chi connectivity index (χ4v) is 4.89. The van der Waals surface area contributed by atoms with Crippen LogP contribution in [0.2, 0.25) is 0 Å². The molecule has 0 aromatic heterocycles. The maximum absolute atomic E-state index is 14.4. The lowest BCUT2D eigenvalue weighted by atomic mass is 9.82. The van der Waals surface area contributed by atoms with Gasteiger partial charge in [0.25, 0.3) is 17.6 Å². The lowest BCUT2D eigenvalue weighted by molar-refractivity contribution is -0.143. The summed E-state index contributed by atoms with van der Waals surface area (Å²) in [6.07, 6.45) is 1.57. The Morgan fingerprint density at radius 2 is 1.80 bits per heavy atom. The second-order valence-corrected chi connectivity index (χ2v) is 9.31. The van der Waals surface area contributed by atoms with E-state index in [1.54, 1.807) is 36.1 Å². The third kappa shape index (κ3) is 3.72. The summed E-state index contributed by atoms with van der Waals surface area (Å²) in [7, 11) is 3.66. The average Bonchev–Trinajstić information content (AvgIpc) is 3.20. The van der Waals surface area contributed by atoms with Gasteiger partial charge in [0.05, 0.1) is 11.3 Å². The van der Waals surface area contributed by atoms with Crippen LogP contribution >= 0.6 is 0 Å². The molecule has 0 saturated carbocycles. The standard InChI is InChI=1S/C27H30FN3O4/c1-5-6-13-30-21-10-8-7-9-19(21)27(26(30)35)22(23(32)18-12-11-17(2)20(28)16-18)24(33)25(34)31(27)15-14-29(3)4/h7-12,16,32H,5-6,13-15H2,1-4H3/b23-22+. The number of rotatable bonds is 7. The van der Waals surface area contributed by atoms with Crippen LogP contribution in [0, 0.1) is 12.7 Å². The van der Waals surface area contributed by atoms with Crippen LogP contribution in [0.4, 0.5) is 10.1 Å². The number of unbranched alkanes of at least 4 members (excludes halogenated alkanes) is 1. The second-order valence-electron chi connectivity index (χ2n) is 9.31. The van der Waals surface area contributed by atoms with Crippen molar-refractivity contribution in [2.45, 2.75) is 32.2 Å². The molecule has 2 aromatic rings. The molecule has 4 rings (SSSR count). The predicted molar refractivity (Wildman–Crippen MR) is 131 cm³/mol. The van der Waals surface area contributed by atoms with Crippen LogP contribution in [0.5, 0.6) is 0 Å². The van der Waals surface area contributed by atoms with E-state index in [1.807, 2.05) is 25.9 Å². The van der Waals surface area contributed by atoms with Gasteiger partial charge in [-0.05, 0) is 45.1 Å². The lowest BCUT2D eigenvalue weighted by Crippen LogP contribution is -2.53. The quantitative estimate of drug-likeness (QED) is 0.374. The van der Waals surface area contributed by atoms with Crippen molar-refractivity contribution in [3.8, 4) is 0 Å². The number of likely N-dealkylation sites (tertiary alicyclic amines) is 1. The SMILES string of the molecule is CCCCN1C(=O)C2(/C(=C(/O)c3ccc(C)c(F)c3)C(=O)C(=O)N2CCN(C)C)c2ccccc21. The summed E-state index contributed by atoms with van der Waals surface area (Å²) in [5.41, 5.74) is -0.663. The molecule has 0 radical (unpaired) electrons. The number of hydrogen-bond donors (Lipinski definition) is 1. The molecule has 2 aromatic carbocycles. The van der Waals surface area contributed by atoms with Gasteiger partial charge in [-0.15, -0.1) is 0 Å². The molecule has 0 aliphatic carbocycles. The van der Waals surface area contributed by atoms with Gasteiger partial charge in [-0.25, -0.2) is 4.39 Å². The van der Waals surface area contributed by atoms with E-state index in [-0.39, 0.29) is 17.7 Å². The van der Waals surface area contributed by atoms with Gasteiger partial charge in [0.15, 0.2) is 5.54 Å². The largest absolute Gasteiger partial charge is 0.507 e. The van der Waals surface area contributed by atoms with E-state index in [2.05, 4.69) is 0 Å². The van der Waals surface area contributed by atoms with E-state index in [1.165, 1.54) is 17.0 Å². The number of para-hydroxylation sites is 1. The molecule has 1 N–H and O–H groups in total. The number of aliphatic hydroxyl groups excluding tert-OH is 1. The molecule has 1 unspecified atom stereocenters. The third-order valence-corrected chi connectivity index (χ3v) is 6.76. The Morgan fingerprint density at radius 3 is 2.46 bits per heavy atom. The van der Waals surface area contributed by atoms with Gasteiger partial charge in [0, 0.05) is 30.8 Å². The second kappa shape index (κ2) is 9.26. The fraction of sp³-hybridized carbons (Fsp3) is 0.370. The molecule has 2 aliphatic heterocycles. The highest BCUT2D eigenvalue weighted by atomic mass is 19.1. The van der Waals surface area contributed by atoms with Crippen molar-refractivity contribution in [3.63, 3.8) is 0 Å². The molecule has 184 valence electrons. The number of halogens is 1. The Hall–Kier alpha value is -3.52. The van der Waals surface area contributed by atoms with Crippen molar-refractivity contribution in [2.75, 3.05) is 38.6 Å². The normalized spacial score (nSPS) is 21.0. The summed E-state index contributed by atoms with van der Waals surface area (Å²) in [6, 6.07) is 11.1. The zero-order valence-electron chi connectivity index (χ0n) is 20.5. The van der Waals surface area contributed by atoms with Crippen LogP contribution in [0.1, 0.15) is 36.5 Å². The van der Waals surface area contributed by atoms with Gasteiger partial charge >= 0.3 is 0 Å². The molecule has 1 atom stereocenters. The van der Waals surface area contributed by atoms with Crippen LogP contribution in [0.15, 0.2) is 48.0 Å². The minimum Gasteiger partial charge on any atom is -0.507 e. The number of hydrogen-bond acceptors (Lipinski definition) is 5. The molecule has 1 spiro atoms. The minimum absolute atomic E-state index is 0.0374. The first kappa shape index (κ1) is 24.6. The Bertz CT molecular complexity index is 1240. The van der Waals surface area contributed by atoms with Gasteiger partial charge in [-0.3, -0.25) is 14.4 Å². The number of Topliss-reactive ketones (excluding diaryl/α,β-unsaturated/α-hetero) is 1. The minimum atomic E-state index is -1.82. The zero-order chi connectivity index (χ0) is 25.5. The maximum atomic E-state index is 14.4. The monoisotopic (exact) mass is 479 g/mol.